The molecule has 0 atom stereocenters. The van der Waals surface area contributed by atoms with Crippen LogP contribution in [0.2, 0.25) is 0 Å². The van der Waals surface area contributed by atoms with Crippen molar-refractivity contribution in [3.8, 4) is 0 Å². The van der Waals surface area contributed by atoms with Crippen LogP contribution in [-0.4, -0.2) is 36.7 Å². The Bertz CT molecular complexity index is 636. The zero-order valence-corrected chi connectivity index (χ0v) is 13.4. The minimum Gasteiger partial charge on any atom is -0.312 e. The standard InChI is InChI=1S/C12H19N5O2S2/c1-2-13-8-10-11(5-7-20-10)21(18,19)16-6-3-4-12-14-9-15-17-12/h5,7,9,13,16H,2-4,6,8H2,1H3,(H,14,15,17). The Morgan fingerprint density at radius 1 is 1.43 bits per heavy atom. The minimum atomic E-state index is -3.44. The van der Waals surface area contributed by atoms with Gasteiger partial charge in [-0.3, -0.25) is 5.10 Å². The van der Waals surface area contributed by atoms with Crippen LogP contribution >= 0.6 is 11.3 Å². The molecular weight excluding hydrogens is 310 g/mol. The Hall–Kier alpha value is -1.29. The van der Waals surface area contributed by atoms with Crippen molar-refractivity contribution in [1.82, 2.24) is 25.2 Å². The maximum absolute atomic E-state index is 12.3. The molecule has 0 aliphatic rings. The van der Waals surface area contributed by atoms with Crippen LogP contribution in [0.1, 0.15) is 24.0 Å². The molecule has 0 saturated heterocycles. The molecular formula is C12H19N5O2S2. The first-order valence-electron chi connectivity index (χ1n) is 6.74. The Labute approximate surface area is 128 Å². The second kappa shape index (κ2) is 7.64. The molecule has 0 aromatic carbocycles. The van der Waals surface area contributed by atoms with Gasteiger partial charge in [-0.25, -0.2) is 18.1 Å². The lowest BCUT2D eigenvalue weighted by Crippen LogP contribution is -2.26. The zero-order valence-electron chi connectivity index (χ0n) is 11.8. The SMILES string of the molecule is CCNCc1sccc1S(=O)(=O)NCCCc1ncn[nH]1. The van der Waals surface area contributed by atoms with Crippen LogP contribution in [0.25, 0.3) is 0 Å². The highest BCUT2D eigenvalue weighted by atomic mass is 32.2. The van der Waals surface area contributed by atoms with Gasteiger partial charge < -0.3 is 5.32 Å². The lowest BCUT2D eigenvalue weighted by Gasteiger charge is -2.07. The summed E-state index contributed by atoms with van der Waals surface area (Å²) in [5.41, 5.74) is 0. The number of thiophene rings is 1. The van der Waals surface area contributed by atoms with Crippen molar-refractivity contribution in [2.24, 2.45) is 0 Å². The molecule has 0 bridgehead atoms. The van der Waals surface area contributed by atoms with Crippen molar-refractivity contribution in [2.75, 3.05) is 13.1 Å². The summed E-state index contributed by atoms with van der Waals surface area (Å²) in [6, 6.07) is 1.65. The van der Waals surface area contributed by atoms with Crippen molar-refractivity contribution in [1.29, 1.82) is 0 Å². The second-order valence-electron chi connectivity index (χ2n) is 4.42. The number of rotatable bonds is 9. The number of aromatic nitrogens is 3. The summed E-state index contributed by atoms with van der Waals surface area (Å²) in [4.78, 5) is 5.20. The number of nitrogens with zero attached hydrogens (tertiary/aromatic N) is 2. The smallest absolute Gasteiger partial charge is 0.241 e. The Morgan fingerprint density at radius 2 is 2.29 bits per heavy atom. The molecule has 2 aromatic heterocycles. The van der Waals surface area contributed by atoms with Crippen molar-refractivity contribution in [2.45, 2.75) is 31.2 Å². The van der Waals surface area contributed by atoms with Gasteiger partial charge in [0.15, 0.2) is 0 Å². The van der Waals surface area contributed by atoms with Gasteiger partial charge in [-0.05, 0) is 24.4 Å². The molecule has 116 valence electrons. The van der Waals surface area contributed by atoms with E-state index in [-0.39, 0.29) is 0 Å². The van der Waals surface area contributed by atoms with E-state index >= 15 is 0 Å². The van der Waals surface area contributed by atoms with Gasteiger partial charge in [-0.1, -0.05) is 6.92 Å². The lowest BCUT2D eigenvalue weighted by molar-refractivity contribution is 0.576. The van der Waals surface area contributed by atoms with Crippen molar-refractivity contribution < 1.29 is 8.42 Å². The minimum absolute atomic E-state index is 0.369. The normalized spacial score (nSPS) is 11.9. The Kier molecular flexibility index (Phi) is 5.85. The van der Waals surface area contributed by atoms with E-state index in [2.05, 4.69) is 25.2 Å². The van der Waals surface area contributed by atoms with Crippen LogP contribution in [0.15, 0.2) is 22.7 Å². The molecule has 0 aliphatic carbocycles. The maximum atomic E-state index is 12.3. The molecule has 9 heteroatoms. The van der Waals surface area contributed by atoms with E-state index in [0.29, 0.717) is 30.8 Å². The summed E-state index contributed by atoms with van der Waals surface area (Å²) in [6.07, 6.45) is 2.77. The van der Waals surface area contributed by atoms with Crippen LogP contribution < -0.4 is 10.0 Å². The highest BCUT2D eigenvalue weighted by Crippen LogP contribution is 2.21. The van der Waals surface area contributed by atoms with Gasteiger partial charge in [0, 0.05) is 24.4 Å². The summed E-state index contributed by atoms with van der Waals surface area (Å²) in [6.45, 7) is 3.74. The molecule has 2 aromatic rings. The van der Waals surface area contributed by atoms with E-state index in [4.69, 9.17) is 0 Å². The van der Waals surface area contributed by atoms with Gasteiger partial charge in [0.2, 0.25) is 10.0 Å². The largest absolute Gasteiger partial charge is 0.312 e. The molecule has 0 fully saturated rings. The zero-order chi connectivity index (χ0) is 15.1. The van der Waals surface area contributed by atoms with Gasteiger partial charge in [0.05, 0.1) is 4.90 Å². The third-order valence-corrected chi connectivity index (χ3v) is 5.47. The lowest BCUT2D eigenvalue weighted by atomic mass is 10.3. The monoisotopic (exact) mass is 329 g/mol. The highest BCUT2D eigenvalue weighted by molar-refractivity contribution is 7.89. The average molecular weight is 329 g/mol. The first kappa shape index (κ1) is 16.1. The molecule has 0 spiro atoms. The van der Waals surface area contributed by atoms with Gasteiger partial charge in [0.25, 0.3) is 0 Å². The fourth-order valence-electron chi connectivity index (χ4n) is 1.83. The van der Waals surface area contributed by atoms with E-state index in [1.807, 2.05) is 6.92 Å². The maximum Gasteiger partial charge on any atom is 0.241 e. The molecule has 0 amide bonds. The second-order valence-corrected chi connectivity index (χ2v) is 7.16. The molecule has 21 heavy (non-hydrogen) atoms. The predicted molar refractivity (Wildman–Crippen MR) is 81.6 cm³/mol. The number of aromatic amines is 1. The van der Waals surface area contributed by atoms with Gasteiger partial charge in [-0.15, -0.1) is 11.3 Å². The van der Waals surface area contributed by atoms with E-state index in [9.17, 15) is 8.42 Å². The molecule has 3 N–H and O–H groups in total. The van der Waals surface area contributed by atoms with Crippen LogP contribution in [0.4, 0.5) is 0 Å². The van der Waals surface area contributed by atoms with E-state index in [1.54, 1.807) is 11.4 Å². The highest BCUT2D eigenvalue weighted by Gasteiger charge is 2.18. The van der Waals surface area contributed by atoms with E-state index in [0.717, 1.165) is 17.2 Å². The number of aryl methyl sites for hydroxylation is 1. The van der Waals surface area contributed by atoms with Crippen molar-refractivity contribution in [3.63, 3.8) is 0 Å². The molecule has 0 aliphatic heterocycles. The van der Waals surface area contributed by atoms with Crippen molar-refractivity contribution in [3.05, 3.63) is 28.5 Å². The Morgan fingerprint density at radius 3 is 3.00 bits per heavy atom. The van der Waals surface area contributed by atoms with Crippen LogP contribution in [0.5, 0.6) is 0 Å². The summed E-state index contributed by atoms with van der Waals surface area (Å²) >= 11 is 1.45. The summed E-state index contributed by atoms with van der Waals surface area (Å²) in [5.74, 6) is 0.762. The quantitative estimate of drug-likeness (QED) is 0.593. The molecule has 2 heterocycles. The summed E-state index contributed by atoms with van der Waals surface area (Å²) < 4.78 is 27.2. The third kappa shape index (κ3) is 4.60. The van der Waals surface area contributed by atoms with Crippen LogP contribution in [0.3, 0.4) is 0 Å². The van der Waals surface area contributed by atoms with Gasteiger partial charge in [0.1, 0.15) is 12.2 Å². The van der Waals surface area contributed by atoms with E-state index < -0.39 is 10.0 Å². The van der Waals surface area contributed by atoms with Gasteiger partial charge >= 0.3 is 0 Å². The topological polar surface area (TPSA) is 99.8 Å². The number of nitrogens with one attached hydrogen (secondary N) is 3. The fraction of sp³-hybridized carbons (Fsp3) is 0.500. The molecule has 7 nitrogen and oxygen atoms in total. The summed E-state index contributed by atoms with van der Waals surface area (Å²) in [5, 5.41) is 11.4. The average Bonchev–Trinajstić information content (AvgIpc) is 3.12. The van der Waals surface area contributed by atoms with Crippen LogP contribution in [0, 0.1) is 0 Å². The number of H-pyrrole nitrogens is 1. The molecule has 0 unspecified atom stereocenters. The predicted octanol–water partition coefficient (Wildman–Crippen LogP) is 0.887. The number of hydrogen-bond acceptors (Lipinski definition) is 6. The fourth-order valence-corrected chi connectivity index (χ4v) is 4.31. The molecule has 0 radical (unpaired) electrons. The van der Waals surface area contributed by atoms with Gasteiger partial charge in [-0.2, -0.15) is 5.10 Å². The number of sulfonamides is 1. The number of hydrogen-bond donors (Lipinski definition) is 3. The van der Waals surface area contributed by atoms with E-state index in [1.165, 1.54) is 17.7 Å². The van der Waals surface area contributed by atoms with Crippen LogP contribution in [-0.2, 0) is 23.0 Å². The first-order chi connectivity index (χ1) is 10.1. The molecule has 0 saturated carbocycles. The molecule has 2 rings (SSSR count). The third-order valence-electron chi connectivity index (χ3n) is 2.88. The first-order valence-corrected chi connectivity index (χ1v) is 9.10. The Balaban J connectivity index is 1.87. The van der Waals surface area contributed by atoms with Crippen molar-refractivity contribution >= 4 is 21.4 Å². The summed E-state index contributed by atoms with van der Waals surface area (Å²) in [7, 11) is -3.44.